The van der Waals surface area contributed by atoms with Gasteiger partial charge in [-0.15, -0.1) is 21.5 Å². The number of nitrogens with one attached hydrogen (secondary N) is 1. The van der Waals surface area contributed by atoms with Crippen LogP contribution in [0, 0.1) is 0 Å². The molecule has 3 aromatic rings. The SMILES string of the molecule is CC(C)(C)OC(=O)NC1CC(c2nnc(-c3nccs3)n2-c2ccccn2)C1. The first-order valence-electron chi connectivity index (χ1n) is 9.17. The van der Waals surface area contributed by atoms with Gasteiger partial charge in [-0.05, 0) is 45.7 Å². The van der Waals surface area contributed by atoms with E-state index in [4.69, 9.17) is 4.74 Å². The number of aromatic nitrogens is 5. The van der Waals surface area contributed by atoms with Gasteiger partial charge in [0.25, 0.3) is 0 Å². The minimum absolute atomic E-state index is 0.0667. The molecule has 0 saturated heterocycles. The maximum absolute atomic E-state index is 12.0. The smallest absolute Gasteiger partial charge is 0.407 e. The van der Waals surface area contributed by atoms with Crippen molar-refractivity contribution in [1.29, 1.82) is 0 Å². The van der Waals surface area contributed by atoms with Crippen molar-refractivity contribution in [3.05, 3.63) is 41.8 Å². The van der Waals surface area contributed by atoms with Crippen LogP contribution in [0.2, 0.25) is 0 Å². The average molecular weight is 398 g/mol. The van der Waals surface area contributed by atoms with E-state index < -0.39 is 5.60 Å². The molecule has 0 unspecified atom stereocenters. The highest BCUT2D eigenvalue weighted by atomic mass is 32.1. The number of carbonyl (C=O) groups is 1. The molecule has 0 atom stereocenters. The summed E-state index contributed by atoms with van der Waals surface area (Å²) in [7, 11) is 0. The van der Waals surface area contributed by atoms with Crippen LogP contribution in [0.1, 0.15) is 45.4 Å². The Hall–Kier alpha value is -2.81. The van der Waals surface area contributed by atoms with E-state index in [0.717, 1.165) is 29.5 Å². The summed E-state index contributed by atoms with van der Waals surface area (Å²) in [5, 5.41) is 14.5. The number of hydrogen-bond donors (Lipinski definition) is 1. The monoisotopic (exact) mass is 398 g/mol. The molecule has 4 rings (SSSR count). The van der Waals surface area contributed by atoms with Gasteiger partial charge in [-0.1, -0.05) is 6.07 Å². The Balaban J connectivity index is 1.53. The van der Waals surface area contributed by atoms with E-state index in [1.807, 2.05) is 48.9 Å². The van der Waals surface area contributed by atoms with Gasteiger partial charge in [-0.3, -0.25) is 4.57 Å². The largest absolute Gasteiger partial charge is 0.444 e. The van der Waals surface area contributed by atoms with Crippen molar-refractivity contribution in [1.82, 2.24) is 30.0 Å². The number of alkyl carbamates (subject to hydrolysis) is 1. The predicted octanol–water partition coefficient (Wildman–Crippen LogP) is 3.56. The molecular weight excluding hydrogens is 376 g/mol. The second-order valence-corrected chi connectivity index (χ2v) is 8.65. The minimum Gasteiger partial charge on any atom is -0.444 e. The number of pyridine rings is 1. The standard InChI is InChI=1S/C19H22N6O2S/c1-19(2,3)27-18(26)22-13-10-12(11-13)15-23-24-16(17-21-8-9-28-17)25(15)14-6-4-5-7-20-14/h4-9,12-13H,10-11H2,1-3H3,(H,22,26). The molecule has 9 heteroatoms. The van der Waals surface area contributed by atoms with Crippen molar-refractivity contribution in [3.8, 4) is 16.6 Å². The molecule has 0 aromatic carbocycles. The fraction of sp³-hybridized carbons (Fsp3) is 0.421. The van der Waals surface area contributed by atoms with Crippen LogP contribution in [-0.2, 0) is 4.74 Å². The van der Waals surface area contributed by atoms with Crippen molar-refractivity contribution in [3.63, 3.8) is 0 Å². The molecule has 0 spiro atoms. The molecule has 8 nitrogen and oxygen atoms in total. The van der Waals surface area contributed by atoms with Gasteiger partial charge >= 0.3 is 6.09 Å². The maximum Gasteiger partial charge on any atom is 0.407 e. The van der Waals surface area contributed by atoms with Gasteiger partial charge in [0.15, 0.2) is 10.8 Å². The molecule has 0 bridgehead atoms. The van der Waals surface area contributed by atoms with Crippen LogP contribution < -0.4 is 5.32 Å². The Morgan fingerprint density at radius 2 is 2.04 bits per heavy atom. The molecule has 1 N–H and O–H groups in total. The summed E-state index contributed by atoms with van der Waals surface area (Å²) in [6, 6.07) is 5.81. The number of ether oxygens (including phenoxy) is 1. The van der Waals surface area contributed by atoms with Crippen molar-refractivity contribution < 1.29 is 9.53 Å². The quantitative estimate of drug-likeness (QED) is 0.722. The van der Waals surface area contributed by atoms with E-state index in [1.165, 1.54) is 11.3 Å². The molecule has 1 amide bonds. The van der Waals surface area contributed by atoms with Crippen molar-refractivity contribution >= 4 is 17.4 Å². The average Bonchev–Trinajstić information content (AvgIpc) is 3.26. The molecule has 28 heavy (non-hydrogen) atoms. The lowest BCUT2D eigenvalue weighted by Gasteiger charge is -2.35. The van der Waals surface area contributed by atoms with E-state index in [9.17, 15) is 4.79 Å². The Labute approximate surface area is 167 Å². The minimum atomic E-state index is -0.505. The van der Waals surface area contributed by atoms with Gasteiger partial charge in [0, 0.05) is 29.7 Å². The molecule has 1 aliphatic rings. The van der Waals surface area contributed by atoms with Gasteiger partial charge in [0.2, 0.25) is 0 Å². The predicted molar refractivity (Wildman–Crippen MR) is 105 cm³/mol. The maximum atomic E-state index is 12.0. The van der Waals surface area contributed by atoms with Crippen LogP contribution in [0.4, 0.5) is 4.79 Å². The third kappa shape index (κ3) is 3.89. The summed E-state index contributed by atoms with van der Waals surface area (Å²) in [5.74, 6) is 2.47. The van der Waals surface area contributed by atoms with Gasteiger partial charge in [0.05, 0.1) is 0 Å². The molecule has 0 radical (unpaired) electrons. The molecule has 3 heterocycles. The lowest BCUT2D eigenvalue weighted by Crippen LogP contribution is -2.45. The Morgan fingerprint density at radius 1 is 1.21 bits per heavy atom. The van der Waals surface area contributed by atoms with E-state index in [2.05, 4.69) is 25.5 Å². The first-order valence-corrected chi connectivity index (χ1v) is 10.0. The second kappa shape index (κ2) is 7.31. The molecular formula is C19H22N6O2S. The van der Waals surface area contributed by atoms with Crippen molar-refractivity contribution in [2.75, 3.05) is 0 Å². The molecule has 1 aliphatic carbocycles. The number of carbonyl (C=O) groups excluding carboxylic acids is 1. The highest BCUT2D eigenvalue weighted by Gasteiger charge is 2.37. The summed E-state index contributed by atoms with van der Waals surface area (Å²) in [5.41, 5.74) is -0.505. The van der Waals surface area contributed by atoms with E-state index >= 15 is 0 Å². The fourth-order valence-corrected chi connectivity index (χ4v) is 3.78. The van der Waals surface area contributed by atoms with Crippen LogP contribution in [0.5, 0.6) is 0 Å². The van der Waals surface area contributed by atoms with E-state index in [-0.39, 0.29) is 18.1 Å². The molecule has 0 aliphatic heterocycles. The van der Waals surface area contributed by atoms with Crippen LogP contribution >= 0.6 is 11.3 Å². The molecule has 1 saturated carbocycles. The Bertz CT molecular complexity index is 943. The molecule has 146 valence electrons. The van der Waals surface area contributed by atoms with Gasteiger partial charge in [-0.25, -0.2) is 14.8 Å². The number of thiazole rings is 1. The second-order valence-electron chi connectivity index (χ2n) is 7.75. The lowest BCUT2D eigenvalue weighted by molar-refractivity contribution is 0.0469. The van der Waals surface area contributed by atoms with Gasteiger partial charge in [-0.2, -0.15) is 0 Å². The summed E-state index contributed by atoms with van der Waals surface area (Å²) in [6.45, 7) is 5.56. The van der Waals surface area contributed by atoms with Crippen LogP contribution in [-0.4, -0.2) is 42.5 Å². The number of hydrogen-bond acceptors (Lipinski definition) is 7. The van der Waals surface area contributed by atoms with Crippen LogP contribution in [0.3, 0.4) is 0 Å². The van der Waals surface area contributed by atoms with E-state index in [1.54, 1.807) is 12.4 Å². The molecule has 3 aromatic heterocycles. The van der Waals surface area contributed by atoms with Crippen molar-refractivity contribution in [2.45, 2.75) is 51.2 Å². The third-order valence-corrected chi connectivity index (χ3v) is 5.18. The summed E-state index contributed by atoms with van der Waals surface area (Å²) in [4.78, 5) is 20.8. The molecule has 1 fully saturated rings. The van der Waals surface area contributed by atoms with Gasteiger partial charge < -0.3 is 10.1 Å². The number of amides is 1. The topological polar surface area (TPSA) is 94.8 Å². The fourth-order valence-electron chi connectivity index (χ4n) is 3.17. The first kappa shape index (κ1) is 18.5. The van der Waals surface area contributed by atoms with Crippen LogP contribution in [0.25, 0.3) is 16.6 Å². The zero-order valence-corrected chi connectivity index (χ0v) is 16.8. The third-order valence-electron chi connectivity index (χ3n) is 4.41. The summed E-state index contributed by atoms with van der Waals surface area (Å²) in [6.07, 6.45) is 4.68. The lowest BCUT2D eigenvalue weighted by atomic mass is 9.79. The normalized spacial score (nSPS) is 19.1. The summed E-state index contributed by atoms with van der Waals surface area (Å²) < 4.78 is 7.30. The number of nitrogens with zero attached hydrogens (tertiary/aromatic N) is 5. The Kier molecular flexibility index (Phi) is 4.84. The highest BCUT2D eigenvalue weighted by molar-refractivity contribution is 7.13. The van der Waals surface area contributed by atoms with E-state index in [0.29, 0.717) is 5.82 Å². The number of rotatable bonds is 4. The first-order chi connectivity index (χ1) is 13.4. The highest BCUT2D eigenvalue weighted by Crippen LogP contribution is 2.38. The summed E-state index contributed by atoms with van der Waals surface area (Å²) >= 11 is 1.51. The zero-order valence-electron chi connectivity index (χ0n) is 16.0. The van der Waals surface area contributed by atoms with Crippen LogP contribution in [0.15, 0.2) is 36.0 Å². The Morgan fingerprint density at radius 3 is 2.68 bits per heavy atom. The zero-order chi connectivity index (χ0) is 19.7. The van der Waals surface area contributed by atoms with Gasteiger partial charge in [0.1, 0.15) is 17.2 Å². The van der Waals surface area contributed by atoms with Crippen molar-refractivity contribution in [2.24, 2.45) is 0 Å².